The van der Waals surface area contributed by atoms with E-state index in [9.17, 15) is 15.8 Å². The first-order chi connectivity index (χ1) is 9.77. The molecular weight excluding hydrogens is 246 g/mol. The minimum absolute atomic E-state index is 0.316. The number of hydrogen-bond donors (Lipinski definition) is 0. The summed E-state index contributed by atoms with van der Waals surface area (Å²) in [5, 5.41) is 28.4. The molecular formula is C17H17N3. The normalized spacial score (nSPS) is 18.5. The summed E-state index contributed by atoms with van der Waals surface area (Å²) in [4.78, 5) is 0. The van der Waals surface area contributed by atoms with Gasteiger partial charge in [-0.15, -0.1) is 0 Å². The van der Waals surface area contributed by atoms with Crippen molar-refractivity contribution in [1.29, 1.82) is 15.8 Å². The first-order valence-electron chi connectivity index (χ1n) is 7.03. The molecule has 0 N–H and O–H groups in total. The molecule has 20 heavy (non-hydrogen) atoms. The minimum atomic E-state index is -0.768. The van der Waals surface area contributed by atoms with Gasteiger partial charge in [0, 0.05) is 5.92 Å². The highest BCUT2D eigenvalue weighted by molar-refractivity contribution is 5.31. The zero-order chi connectivity index (χ0) is 14.4. The van der Waals surface area contributed by atoms with Gasteiger partial charge >= 0.3 is 0 Å². The third-order valence-corrected chi connectivity index (χ3v) is 4.33. The molecule has 0 saturated heterocycles. The molecule has 0 heterocycles. The Morgan fingerprint density at radius 1 is 0.900 bits per heavy atom. The molecule has 1 aliphatic carbocycles. The van der Waals surface area contributed by atoms with Gasteiger partial charge in [0.2, 0.25) is 0 Å². The van der Waals surface area contributed by atoms with Crippen molar-refractivity contribution in [1.82, 2.24) is 0 Å². The van der Waals surface area contributed by atoms with Gasteiger partial charge in [-0.2, -0.15) is 15.8 Å². The molecule has 1 fully saturated rings. The summed E-state index contributed by atoms with van der Waals surface area (Å²) in [6.45, 7) is 0. The van der Waals surface area contributed by atoms with Gasteiger partial charge in [0.05, 0.1) is 23.6 Å². The van der Waals surface area contributed by atoms with E-state index in [-0.39, 0.29) is 5.92 Å². The van der Waals surface area contributed by atoms with Gasteiger partial charge in [-0.3, -0.25) is 0 Å². The molecule has 0 aliphatic heterocycles. The minimum Gasteiger partial charge on any atom is -0.198 e. The van der Waals surface area contributed by atoms with Crippen molar-refractivity contribution in [3.8, 4) is 18.2 Å². The molecule has 1 aliphatic rings. The van der Waals surface area contributed by atoms with Crippen LogP contribution in [-0.2, 0) is 0 Å². The summed E-state index contributed by atoms with van der Waals surface area (Å²) in [6.07, 6.45) is 4.70. The lowest BCUT2D eigenvalue weighted by Gasteiger charge is -2.38. The Morgan fingerprint density at radius 3 is 2.00 bits per heavy atom. The van der Waals surface area contributed by atoms with Gasteiger partial charge in [-0.25, -0.2) is 0 Å². The van der Waals surface area contributed by atoms with Gasteiger partial charge in [-0.1, -0.05) is 49.6 Å². The molecule has 1 aromatic carbocycles. The van der Waals surface area contributed by atoms with Crippen molar-refractivity contribution < 1.29 is 0 Å². The Hall–Kier alpha value is -2.31. The predicted octanol–water partition coefficient (Wildman–Crippen LogP) is 3.91. The summed E-state index contributed by atoms with van der Waals surface area (Å²) >= 11 is 0. The Morgan fingerprint density at radius 2 is 1.50 bits per heavy atom. The van der Waals surface area contributed by atoms with Crippen LogP contribution in [0.15, 0.2) is 30.3 Å². The van der Waals surface area contributed by atoms with Crippen molar-refractivity contribution in [2.75, 3.05) is 0 Å². The molecule has 0 radical (unpaired) electrons. The van der Waals surface area contributed by atoms with E-state index in [0.29, 0.717) is 0 Å². The van der Waals surface area contributed by atoms with E-state index in [4.69, 9.17) is 0 Å². The Kier molecular flexibility index (Phi) is 4.39. The average molecular weight is 263 g/mol. The predicted molar refractivity (Wildman–Crippen MR) is 75.0 cm³/mol. The molecule has 0 bridgehead atoms. The molecule has 1 atom stereocenters. The van der Waals surface area contributed by atoms with Crippen molar-refractivity contribution in [2.45, 2.75) is 38.0 Å². The van der Waals surface area contributed by atoms with E-state index in [1.165, 1.54) is 0 Å². The topological polar surface area (TPSA) is 71.4 Å². The van der Waals surface area contributed by atoms with Crippen LogP contribution in [0.1, 0.15) is 43.6 Å². The van der Waals surface area contributed by atoms with Crippen LogP contribution in [0.2, 0.25) is 0 Å². The molecule has 1 aromatic rings. The van der Waals surface area contributed by atoms with E-state index in [1.54, 1.807) is 0 Å². The van der Waals surface area contributed by atoms with Gasteiger partial charge in [-0.05, 0) is 18.4 Å². The highest BCUT2D eigenvalue weighted by Gasteiger charge is 2.45. The monoisotopic (exact) mass is 263 g/mol. The van der Waals surface area contributed by atoms with Crippen LogP contribution in [0, 0.1) is 45.3 Å². The second-order valence-electron chi connectivity index (χ2n) is 5.45. The number of nitriles is 3. The highest BCUT2D eigenvalue weighted by Crippen LogP contribution is 2.50. The summed E-state index contributed by atoms with van der Waals surface area (Å²) in [7, 11) is 0. The molecule has 1 saturated carbocycles. The van der Waals surface area contributed by atoms with Crippen LogP contribution < -0.4 is 0 Å². The molecule has 100 valence electrons. The maximum absolute atomic E-state index is 9.74. The Bertz CT molecular complexity index is 551. The largest absolute Gasteiger partial charge is 0.198 e. The number of nitrogens with zero attached hydrogens (tertiary/aromatic N) is 3. The average Bonchev–Trinajstić information content (AvgIpc) is 2.54. The van der Waals surface area contributed by atoms with Gasteiger partial charge in [0.15, 0.2) is 0 Å². The molecule has 0 aromatic heterocycles. The molecule has 3 heteroatoms. The third kappa shape index (κ3) is 2.52. The Balaban J connectivity index is 2.49. The second kappa shape index (κ2) is 6.23. The molecule has 3 nitrogen and oxygen atoms in total. The SMILES string of the molecule is N#CC(C#N)C(c1ccccc1)C1(C#N)CCCCC1. The quantitative estimate of drug-likeness (QED) is 0.830. The van der Waals surface area contributed by atoms with Crippen LogP contribution in [0.25, 0.3) is 0 Å². The van der Waals surface area contributed by atoms with E-state index in [2.05, 4.69) is 18.2 Å². The summed E-state index contributed by atoms with van der Waals surface area (Å²) < 4.78 is 0. The van der Waals surface area contributed by atoms with E-state index in [1.807, 2.05) is 30.3 Å². The van der Waals surface area contributed by atoms with Gasteiger partial charge < -0.3 is 0 Å². The van der Waals surface area contributed by atoms with E-state index >= 15 is 0 Å². The fraction of sp³-hybridized carbons (Fsp3) is 0.471. The van der Waals surface area contributed by atoms with Crippen LogP contribution >= 0.6 is 0 Å². The lowest BCUT2D eigenvalue weighted by atomic mass is 9.61. The fourth-order valence-corrected chi connectivity index (χ4v) is 3.34. The molecule has 0 amide bonds. The zero-order valence-corrected chi connectivity index (χ0v) is 11.4. The number of hydrogen-bond acceptors (Lipinski definition) is 3. The molecule has 2 rings (SSSR count). The lowest BCUT2D eigenvalue weighted by Crippen LogP contribution is -2.34. The second-order valence-corrected chi connectivity index (χ2v) is 5.45. The number of benzene rings is 1. The van der Waals surface area contributed by atoms with Crippen LogP contribution in [0.5, 0.6) is 0 Å². The van der Waals surface area contributed by atoms with E-state index in [0.717, 1.165) is 37.7 Å². The zero-order valence-electron chi connectivity index (χ0n) is 11.4. The number of rotatable bonds is 3. The standard InChI is InChI=1S/C17H17N3/c18-11-15(12-19)16(14-7-3-1-4-8-14)17(13-20)9-5-2-6-10-17/h1,3-4,7-8,15-16H,2,5-6,9-10H2. The smallest absolute Gasteiger partial charge is 0.141 e. The summed E-state index contributed by atoms with van der Waals surface area (Å²) in [6, 6.07) is 16.2. The van der Waals surface area contributed by atoms with Crippen molar-refractivity contribution in [3.05, 3.63) is 35.9 Å². The van der Waals surface area contributed by atoms with Gasteiger partial charge in [0.1, 0.15) is 5.92 Å². The summed E-state index contributed by atoms with van der Waals surface area (Å²) in [5.74, 6) is -1.08. The first kappa shape index (κ1) is 14.1. The van der Waals surface area contributed by atoms with Crippen molar-refractivity contribution in [2.24, 2.45) is 11.3 Å². The Labute approximate surface area is 120 Å². The maximum atomic E-state index is 9.74. The van der Waals surface area contributed by atoms with Crippen LogP contribution in [0.3, 0.4) is 0 Å². The van der Waals surface area contributed by atoms with E-state index < -0.39 is 11.3 Å². The lowest BCUT2D eigenvalue weighted by molar-refractivity contribution is 0.201. The maximum Gasteiger partial charge on any atom is 0.141 e. The van der Waals surface area contributed by atoms with Crippen molar-refractivity contribution in [3.63, 3.8) is 0 Å². The van der Waals surface area contributed by atoms with Crippen molar-refractivity contribution >= 4 is 0 Å². The summed E-state index contributed by atoms with van der Waals surface area (Å²) in [5.41, 5.74) is 0.361. The van der Waals surface area contributed by atoms with Crippen LogP contribution in [-0.4, -0.2) is 0 Å². The fourth-order valence-electron chi connectivity index (χ4n) is 3.34. The van der Waals surface area contributed by atoms with Gasteiger partial charge in [0.25, 0.3) is 0 Å². The molecule has 0 spiro atoms. The first-order valence-corrected chi connectivity index (χ1v) is 7.03. The molecule has 1 unspecified atom stereocenters. The van der Waals surface area contributed by atoms with Crippen LogP contribution in [0.4, 0.5) is 0 Å². The third-order valence-electron chi connectivity index (χ3n) is 4.33. The highest BCUT2D eigenvalue weighted by atomic mass is 14.5.